The molecule has 0 atom stereocenters. The molecule has 118 valence electrons. The molecule has 0 aliphatic carbocycles. The van der Waals surface area contributed by atoms with E-state index in [0.717, 1.165) is 0 Å². The van der Waals surface area contributed by atoms with E-state index in [4.69, 9.17) is 14.9 Å². The SMILES string of the molecule is O=C(O)c1ccccc1COCC(=O)c1ccccc1C(=O)O. The van der Waals surface area contributed by atoms with E-state index < -0.39 is 17.7 Å². The van der Waals surface area contributed by atoms with Crippen molar-refractivity contribution in [2.24, 2.45) is 0 Å². The van der Waals surface area contributed by atoms with Crippen LogP contribution in [0.5, 0.6) is 0 Å². The summed E-state index contributed by atoms with van der Waals surface area (Å²) in [7, 11) is 0. The highest BCUT2D eigenvalue weighted by molar-refractivity contribution is 6.06. The summed E-state index contributed by atoms with van der Waals surface area (Å²) in [5.41, 5.74) is 0.517. The molecule has 0 fully saturated rings. The summed E-state index contributed by atoms with van der Waals surface area (Å²) in [6.07, 6.45) is 0. The molecule has 2 N–H and O–H groups in total. The van der Waals surface area contributed by atoms with Crippen LogP contribution < -0.4 is 0 Å². The molecule has 2 aromatic carbocycles. The Labute approximate surface area is 131 Å². The van der Waals surface area contributed by atoms with Crippen molar-refractivity contribution in [3.63, 3.8) is 0 Å². The lowest BCUT2D eigenvalue weighted by atomic mass is 10.0. The van der Waals surface area contributed by atoms with Crippen LogP contribution in [0.25, 0.3) is 0 Å². The van der Waals surface area contributed by atoms with E-state index >= 15 is 0 Å². The molecule has 0 aliphatic rings. The number of carbonyl (C=O) groups is 3. The molecule has 0 radical (unpaired) electrons. The molecule has 2 rings (SSSR count). The number of carboxylic acid groups (broad SMARTS) is 2. The van der Waals surface area contributed by atoms with Gasteiger partial charge in [-0.15, -0.1) is 0 Å². The molecule has 0 spiro atoms. The van der Waals surface area contributed by atoms with E-state index in [1.807, 2.05) is 0 Å². The Hall–Kier alpha value is -2.99. The topological polar surface area (TPSA) is 101 Å². The number of ether oxygens (including phenoxy) is 1. The lowest BCUT2D eigenvalue weighted by molar-refractivity contribution is 0.0655. The van der Waals surface area contributed by atoms with Crippen LogP contribution in [0.15, 0.2) is 48.5 Å². The first-order chi connectivity index (χ1) is 11.0. The molecular weight excluding hydrogens is 300 g/mol. The van der Waals surface area contributed by atoms with Crippen LogP contribution in [0.2, 0.25) is 0 Å². The molecule has 6 heteroatoms. The van der Waals surface area contributed by atoms with Gasteiger partial charge in [-0.05, 0) is 17.7 Å². The van der Waals surface area contributed by atoms with Crippen LogP contribution in [-0.2, 0) is 11.3 Å². The molecule has 0 aromatic heterocycles. The molecule has 6 nitrogen and oxygen atoms in total. The number of benzene rings is 2. The molecule has 0 unspecified atom stereocenters. The third-order valence-electron chi connectivity index (χ3n) is 3.20. The average Bonchev–Trinajstić information content (AvgIpc) is 2.55. The van der Waals surface area contributed by atoms with Gasteiger partial charge in [0.15, 0.2) is 5.78 Å². The standard InChI is InChI=1S/C17H14O6/c18-15(13-7-3-4-8-14(13)17(21)22)10-23-9-11-5-1-2-6-12(11)16(19)20/h1-8H,9-10H2,(H,19,20)(H,21,22). The summed E-state index contributed by atoms with van der Waals surface area (Å²) >= 11 is 0. The minimum atomic E-state index is -1.19. The average molecular weight is 314 g/mol. The number of carbonyl (C=O) groups excluding carboxylic acids is 1. The Kier molecular flexibility index (Phi) is 5.22. The second-order valence-corrected chi connectivity index (χ2v) is 4.73. The highest BCUT2D eigenvalue weighted by Crippen LogP contribution is 2.12. The zero-order chi connectivity index (χ0) is 16.8. The van der Waals surface area contributed by atoms with E-state index in [2.05, 4.69) is 0 Å². The fourth-order valence-corrected chi connectivity index (χ4v) is 2.10. The van der Waals surface area contributed by atoms with Gasteiger partial charge in [0.05, 0.1) is 17.7 Å². The molecule has 23 heavy (non-hydrogen) atoms. The van der Waals surface area contributed by atoms with Gasteiger partial charge in [-0.1, -0.05) is 36.4 Å². The first-order valence-electron chi connectivity index (χ1n) is 6.75. The van der Waals surface area contributed by atoms with Crippen molar-refractivity contribution in [2.75, 3.05) is 6.61 Å². The minimum absolute atomic E-state index is 0.0521. The highest BCUT2D eigenvalue weighted by atomic mass is 16.5. The monoisotopic (exact) mass is 314 g/mol. The third-order valence-corrected chi connectivity index (χ3v) is 3.20. The fourth-order valence-electron chi connectivity index (χ4n) is 2.10. The van der Waals surface area contributed by atoms with Gasteiger partial charge in [-0.3, -0.25) is 4.79 Å². The van der Waals surface area contributed by atoms with E-state index in [0.29, 0.717) is 5.56 Å². The van der Waals surface area contributed by atoms with Crippen LogP contribution in [0.3, 0.4) is 0 Å². The quantitative estimate of drug-likeness (QED) is 0.761. The highest BCUT2D eigenvalue weighted by Gasteiger charge is 2.16. The lowest BCUT2D eigenvalue weighted by Crippen LogP contribution is -2.14. The number of carboxylic acids is 2. The van der Waals surface area contributed by atoms with E-state index in [-0.39, 0.29) is 29.9 Å². The molecule has 0 aliphatic heterocycles. The van der Waals surface area contributed by atoms with Crippen LogP contribution in [0.1, 0.15) is 36.6 Å². The van der Waals surface area contributed by atoms with Gasteiger partial charge < -0.3 is 14.9 Å². The molecule has 0 amide bonds. The number of rotatable bonds is 7. The molecule has 2 aromatic rings. The van der Waals surface area contributed by atoms with Gasteiger partial charge in [0.2, 0.25) is 0 Å². The van der Waals surface area contributed by atoms with Gasteiger partial charge in [0.25, 0.3) is 0 Å². The Morgan fingerprint density at radius 3 is 1.91 bits per heavy atom. The van der Waals surface area contributed by atoms with Crippen LogP contribution in [-0.4, -0.2) is 34.5 Å². The molecule has 0 heterocycles. The van der Waals surface area contributed by atoms with Crippen LogP contribution in [0.4, 0.5) is 0 Å². The maximum atomic E-state index is 12.1. The number of hydrogen-bond acceptors (Lipinski definition) is 4. The van der Waals surface area contributed by atoms with Crippen molar-refractivity contribution in [1.29, 1.82) is 0 Å². The van der Waals surface area contributed by atoms with Crippen molar-refractivity contribution < 1.29 is 29.3 Å². The summed E-state index contributed by atoms with van der Waals surface area (Å²) in [4.78, 5) is 34.2. The lowest BCUT2D eigenvalue weighted by Gasteiger charge is -2.08. The maximum Gasteiger partial charge on any atom is 0.336 e. The van der Waals surface area contributed by atoms with Crippen molar-refractivity contribution in [1.82, 2.24) is 0 Å². The third kappa shape index (κ3) is 4.02. The van der Waals surface area contributed by atoms with Gasteiger partial charge in [0, 0.05) is 5.56 Å². The van der Waals surface area contributed by atoms with Crippen molar-refractivity contribution >= 4 is 17.7 Å². The second-order valence-electron chi connectivity index (χ2n) is 4.73. The van der Waals surface area contributed by atoms with Crippen molar-refractivity contribution in [2.45, 2.75) is 6.61 Å². The molecular formula is C17H14O6. The predicted octanol–water partition coefficient (Wildman–Crippen LogP) is 2.48. The first kappa shape index (κ1) is 16.4. The van der Waals surface area contributed by atoms with Crippen LogP contribution in [0, 0.1) is 0 Å². The smallest absolute Gasteiger partial charge is 0.336 e. The number of ketones is 1. The van der Waals surface area contributed by atoms with Crippen molar-refractivity contribution in [3.05, 3.63) is 70.8 Å². The normalized spacial score (nSPS) is 10.3. The van der Waals surface area contributed by atoms with Crippen molar-refractivity contribution in [3.8, 4) is 0 Å². The summed E-state index contributed by atoms with van der Waals surface area (Å²) in [5, 5.41) is 18.1. The molecule has 0 saturated carbocycles. The molecule has 0 saturated heterocycles. The molecule has 0 bridgehead atoms. The summed E-state index contributed by atoms with van der Waals surface area (Å²) in [6, 6.07) is 12.2. The van der Waals surface area contributed by atoms with Gasteiger partial charge >= 0.3 is 11.9 Å². The second kappa shape index (κ2) is 7.33. The van der Waals surface area contributed by atoms with Gasteiger partial charge in [-0.2, -0.15) is 0 Å². The largest absolute Gasteiger partial charge is 0.478 e. The predicted molar refractivity (Wildman–Crippen MR) is 80.8 cm³/mol. The zero-order valence-corrected chi connectivity index (χ0v) is 12.1. The fraction of sp³-hybridized carbons (Fsp3) is 0.118. The van der Waals surface area contributed by atoms with Gasteiger partial charge in [0.1, 0.15) is 6.61 Å². The number of aromatic carboxylic acids is 2. The minimum Gasteiger partial charge on any atom is -0.478 e. The van der Waals surface area contributed by atoms with E-state index in [9.17, 15) is 14.4 Å². The Balaban J connectivity index is 2.04. The number of hydrogen-bond donors (Lipinski definition) is 2. The summed E-state index contributed by atoms with van der Waals surface area (Å²) in [5.74, 6) is -2.74. The number of Topliss-reactive ketones (excluding diaryl/α,β-unsaturated/α-hetero) is 1. The van der Waals surface area contributed by atoms with Crippen LogP contribution >= 0.6 is 0 Å². The first-order valence-corrected chi connectivity index (χ1v) is 6.75. The maximum absolute atomic E-state index is 12.1. The Bertz CT molecular complexity index is 750. The Morgan fingerprint density at radius 1 is 0.783 bits per heavy atom. The summed E-state index contributed by atoms with van der Waals surface area (Å²) in [6.45, 7) is -0.387. The van der Waals surface area contributed by atoms with Gasteiger partial charge in [-0.25, -0.2) is 9.59 Å². The zero-order valence-electron chi connectivity index (χ0n) is 12.1. The van der Waals surface area contributed by atoms with E-state index in [1.165, 1.54) is 24.3 Å². The Morgan fingerprint density at radius 2 is 1.30 bits per heavy atom. The van der Waals surface area contributed by atoms with E-state index in [1.54, 1.807) is 24.3 Å². The summed E-state index contributed by atoms with van der Waals surface area (Å²) < 4.78 is 5.26.